The fourth-order valence-electron chi connectivity index (χ4n) is 1.43. The van der Waals surface area contributed by atoms with Crippen LogP contribution in [0.15, 0.2) is 0 Å². The molecule has 1 atom stereocenters. The maximum absolute atomic E-state index is 11.4. The Hall–Kier alpha value is -0.570. The van der Waals surface area contributed by atoms with Crippen LogP contribution < -0.4 is 5.73 Å². The lowest BCUT2D eigenvalue weighted by Gasteiger charge is -2.26. The number of hydrogen-bond acceptors (Lipinski definition) is 1. The molecule has 1 saturated heterocycles. The molecule has 0 unspecified atom stereocenters. The molecule has 1 amide bonds. The summed E-state index contributed by atoms with van der Waals surface area (Å²) in [6, 6.07) is -0.0758. The van der Waals surface area contributed by atoms with E-state index in [2.05, 4.69) is 5.73 Å². The quantitative estimate of drug-likeness (QED) is 0.554. The van der Waals surface area contributed by atoms with Gasteiger partial charge in [-0.3, -0.25) is 4.79 Å². The van der Waals surface area contributed by atoms with Crippen LogP contribution in [0.4, 0.5) is 0 Å². The van der Waals surface area contributed by atoms with Gasteiger partial charge in [0, 0.05) is 13.1 Å². The molecule has 1 aliphatic rings. The Morgan fingerprint density at radius 2 is 1.91 bits per heavy atom. The van der Waals surface area contributed by atoms with Crippen molar-refractivity contribution in [1.29, 1.82) is 0 Å². The molecule has 1 rings (SSSR count). The first kappa shape index (κ1) is 8.53. The molecule has 0 spiro atoms. The highest BCUT2D eigenvalue weighted by atomic mass is 16.2. The zero-order valence-electron chi connectivity index (χ0n) is 7.18. The monoisotopic (exact) mass is 157 g/mol. The molecule has 0 aliphatic carbocycles. The number of amides is 1. The average molecular weight is 157 g/mol. The number of quaternary nitrogens is 1. The Bertz CT molecular complexity index is 139. The van der Waals surface area contributed by atoms with E-state index in [-0.39, 0.29) is 11.9 Å². The lowest BCUT2D eigenvalue weighted by Crippen LogP contribution is -2.66. The summed E-state index contributed by atoms with van der Waals surface area (Å²) in [5.74, 6) is 0.213. The number of piperidine rings is 1. The van der Waals surface area contributed by atoms with Gasteiger partial charge in [-0.05, 0) is 26.2 Å². The number of hydrogen-bond donors (Lipinski definition) is 1. The normalized spacial score (nSPS) is 21.5. The van der Waals surface area contributed by atoms with Gasteiger partial charge in [-0.15, -0.1) is 0 Å². The van der Waals surface area contributed by atoms with Gasteiger partial charge >= 0.3 is 0 Å². The molecule has 64 valence electrons. The Morgan fingerprint density at radius 1 is 1.36 bits per heavy atom. The van der Waals surface area contributed by atoms with Gasteiger partial charge in [-0.1, -0.05) is 0 Å². The molecule has 0 saturated carbocycles. The maximum Gasteiger partial charge on any atom is 0.280 e. The Labute approximate surface area is 67.5 Å². The second-order valence-electron chi connectivity index (χ2n) is 3.29. The highest BCUT2D eigenvalue weighted by Crippen LogP contribution is 2.08. The largest absolute Gasteiger partial charge is 0.348 e. The number of carbonyl (C=O) groups is 1. The van der Waals surface area contributed by atoms with Crippen molar-refractivity contribution in [3.8, 4) is 0 Å². The van der Waals surface area contributed by atoms with Crippen LogP contribution in [0.2, 0.25) is 0 Å². The van der Waals surface area contributed by atoms with Crippen molar-refractivity contribution in [3.05, 3.63) is 0 Å². The summed E-state index contributed by atoms with van der Waals surface area (Å²) < 4.78 is 0. The topological polar surface area (TPSA) is 48.0 Å². The first-order valence-corrected chi connectivity index (χ1v) is 4.33. The van der Waals surface area contributed by atoms with Gasteiger partial charge in [0.1, 0.15) is 0 Å². The third-order valence-electron chi connectivity index (χ3n) is 2.09. The summed E-state index contributed by atoms with van der Waals surface area (Å²) >= 11 is 0. The van der Waals surface area contributed by atoms with Gasteiger partial charge in [0.15, 0.2) is 6.04 Å². The number of nitrogens with zero attached hydrogens (tertiary/aromatic N) is 1. The summed E-state index contributed by atoms with van der Waals surface area (Å²) in [5, 5.41) is 0. The van der Waals surface area contributed by atoms with E-state index in [1.54, 1.807) is 0 Å². The minimum Gasteiger partial charge on any atom is -0.348 e. The lowest BCUT2D eigenvalue weighted by molar-refractivity contribution is -0.400. The zero-order valence-corrected chi connectivity index (χ0v) is 7.18. The second kappa shape index (κ2) is 3.72. The Balaban J connectivity index is 2.39. The van der Waals surface area contributed by atoms with Crippen molar-refractivity contribution in [3.63, 3.8) is 0 Å². The Kier molecular flexibility index (Phi) is 2.88. The van der Waals surface area contributed by atoms with Crippen molar-refractivity contribution in [2.45, 2.75) is 32.2 Å². The first-order valence-electron chi connectivity index (χ1n) is 4.33. The maximum atomic E-state index is 11.4. The molecular formula is C8H17N2O+. The molecule has 1 heterocycles. The van der Waals surface area contributed by atoms with Gasteiger partial charge in [-0.25, -0.2) is 0 Å². The van der Waals surface area contributed by atoms with Crippen LogP contribution in [-0.4, -0.2) is 29.9 Å². The molecule has 3 heteroatoms. The van der Waals surface area contributed by atoms with E-state index in [9.17, 15) is 4.79 Å². The van der Waals surface area contributed by atoms with E-state index in [4.69, 9.17) is 0 Å². The third kappa shape index (κ3) is 2.19. The van der Waals surface area contributed by atoms with Crippen LogP contribution in [0.25, 0.3) is 0 Å². The highest BCUT2D eigenvalue weighted by molar-refractivity contribution is 5.79. The molecule has 1 fully saturated rings. The third-order valence-corrected chi connectivity index (χ3v) is 2.09. The zero-order chi connectivity index (χ0) is 8.27. The second-order valence-corrected chi connectivity index (χ2v) is 3.29. The van der Waals surface area contributed by atoms with Gasteiger partial charge in [0.2, 0.25) is 0 Å². The minimum atomic E-state index is -0.0758. The molecule has 11 heavy (non-hydrogen) atoms. The number of rotatable bonds is 1. The van der Waals surface area contributed by atoms with Crippen LogP contribution >= 0.6 is 0 Å². The van der Waals surface area contributed by atoms with Crippen molar-refractivity contribution < 1.29 is 10.5 Å². The lowest BCUT2D eigenvalue weighted by atomic mass is 10.1. The smallest absolute Gasteiger partial charge is 0.280 e. The van der Waals surface area contributed by atoms with Gasteiger partial charge < -0.3 is 10.6 Å². The van der Waals surface area contributed by atoms with Crippen LogP contribution in [0.5, 0.6) is 0 Å². The number of likely N-dealkylation sites (tertiary alicyclic amines) is 1. The summed E-state index contributed by atoms with van der Waals surface area (Å²) in [6.45, 7) is 3.74. The van der Waals surface area contributed by atoms with Crippen LogP contribution in [0.1, 0.15) is 26.2 Å². The summed E-state index contributed by atoms with van der Waals surface area (Å²) in [5.41, 5.74) is 3.72. The Morgan fingerprint density at radius 3 is 2.36 bits per heavy atom. The van der Waals surface area contributed by atoms with Gasteiger partial charge in [0.25, 0.3) is 5.91 Å². The standard InChI is InChI=1S/C8H16N2O/c1-7(9)8(11)10-5-3-2-4-6-10/h7H,2-6,9H2,1H3/p+1/t7-/m0/s1. The molecule has 0 aromatic carbocycles. The van der Waals surface area contributed by atoms with Crippen molar-refractivity contribution in [2.24, 2.45) is 0 Å². The van der Waals surface area contributed by atoms with Crippen LogP contribution in [0.3, 0.4) is 0 Å². The average Bonchev–Trinajstić information content (AvgIpc) is 2.05. The van der Waals surface area contributed by atoms with E-state index in [1.165, 1.54) is 19.3 Å². The molecule has 3 nitrogen and oxygen atoms in total. The van der Waals surface area contributed by atoms with E-state index in [0.717, 1.165) is 13.1 Å². The fourth-order valence-corrected chi connectivity index (χ4v) is 1.43. The van der Waals surface area contributed by atoms with E-state index >= 15 is 0 Å². The summed E-state index contributed by atoms with van der Waals surface area (Å²) in [4.78, 5) is 13.3. The molecule has 1 aliphatic heterocycles. The molecular weight excluding hydrogens is 140 g/mol. The van der Waals surface area contributed by atoms with Crippen LogP contribution in [0, 0.1) is 0 Å². The van der Waals surface area contributed by atoms with Crippen molar-refractivity contribution >= 4 is 5.91 Å². The summed E-state index contributed by atoms with van der Waals surface area (Å²) in [6.07, 6.45) is 3.60. The SMILES string of the molecule is C[C@H]([NH3+])C(=O)N1CCCCC1. The first-order chi connectivity index (χ1) is 5.22. The van der Waals surface area contributed by atoms with E-state index in [1.807, 2.05) is 11.8 Å². The molecule has 0 radical (unpaired) electrons. The summed E-state index contributed by atoms with van der Waals surface area (Å²) in [7, 11) is 0. The van der Waals surface area contributed by atoms with E-state index in [0.29, 0.717) is 0 Å². The van der Waals surface area contributed by atoms with Gasteiger partial charge in [0.05, 0.1) is 0 Å². The molecule has 0 aromatic rings. The highest BCUT2D eigenvalue weighted by Gasteiger charge is 2.20. The fraction of sp³-hybridized carbons (Fsp3) is 0.875. The molecule has 0 bridgehead atoms. The van der Waals surface area contributed by atoms with Crippen molar-refractivity contribution in [2.75, 3.05) is 13.1 Å². The predicted molar refractivity (Wildman–Crippen MR) is 42.8 cm³/mol. The number of carbonyl (C=O) groups excluding carboxylic acids is 1. The molecule has 3 N–H and O–H groups in total. The molecule has 0 aromatic heterocycles. The predicted octanol–water partition coefficient (Wildman–Crippen LogP) is -0.371. The van der Waals surface area contributed by atoms with E-state index < -0.39 is 0 Å². The van der Waals surface area contributed by atoms with Crippen LogP contribution in [-0.2, 0) is 4.79 Å². The van der Waals surface area contributed by atoms with Gasteiger partial charge in [-0.2, -0.15) is 0 Å². The minimum absolute atomic E-state index is 0.0758. The van der Waals surface area contributed by atoms with Crippen molar-refractivity contribution in [1.82, 2.24) is 4.90 Å².